The lowest BCUT2D eigenvalue weighted by Crippen LogP contribution is -2.25. The molecule has 0 aliphatic heterocycles. The first kappa shape index (κ1) is 17.6. The van der Waals surface area contributed by atoms with Crippen LogP contribution in [0, 0.1) is 0 Å². The van der Waals surface area contributed by atoms with E-state index >= 15 is 0 Å². The van der Waals surface area contributed by atoms with E-state index in [2.05, 4.69) is 9.97 Å². The van der Waals surface area contributed by atoms with Gasteiger partial charge >= 0.3 is 5.97 Å². The Bertz CT molecular complexity index is 1100. The molecular formula is C20H16N2O3S2. The summed E-state index contributed by atoms with van der Waals surface area (Å²) >= 11 is 3.10. The molecule has 3 aromatic heterocycles. The maximum Gasteiger partial charge on any atom is 0.312 e. The van der Waals surface area contributed by atoms with Gasteiger partial charge in [0.2, 0.25) is 5.78 Å². The molecule has 0 amide bonds. The number of Topliss-reactive ketones (excluding diaryl/α,β-unsaturated/α-hetero) is 1. The van der Waals surface area contributed by atoms with Crippen LogP contribution in [0.3, 0.4) is 0 Å². The molecule has 4 rings (SSSR count). The minimum absolute atomic E-state index is 0.0490. The van der Waals surface area contributed by atoms with E-state index in [0.29, 0.717) is 11.3 Å². The molecule has 7 heteroatoms. The third-order valence-electron chi connectivity index (χ3n) is 4.14. The SMILES string of the molecule is C[C@H](OC(=O)Cc1csc(-c2cccs2)n1)C(=O)c1c[nH]c2ccccc12. The average Bonchev–Trinajstić information content (AvgIpc) is 3.40. The third kappa shape index (κ3) is 3.70. The molecule has 4 aromatic rings. The van der Waals surface area contributed by atoms with Crippen molar-refractivity contribution in [1.82, 2.24) is 9.97 Å². The first-order chi connectivity index (χ1) is 13.1. The number of rotatable bonds is 6. The second-order valence-corrected chi connectivity index (χ2v) is 7.85. The highest BCUT2D eigenvalue weighted by Crippen LogP contribution is 2.28. The zero-order chi connectivity index (χ0) is 18.8. The Hall–Kier alpha value is -2.77. The molecule has 0 saturated carbocycles. The van der Waals surface area contributed by atoms with E-state index in [1.54, 1.807) is 24.5 Å². The van der Waals surface area contributed by atoms with E-state index in [9.17, 15) is 9.59 Å². The Balaban J connectivity index is 1.41. The largest absolute Gasteiger partial charge is 0.454 e. The fourth-order valence-corrected chi connectivity index (χ4v) is 4.47. The molecule has 1 atom stereocenters. The molecule has 0 unspecified atom stereocenters. The van der Waals surface area contributed by atoms with Gasteiger partial charge in [0.25, 0.3) is 0 Å². The Kier molecular flexibility index (Phi) is 4.87. The van der Waals surface area contributed by atoms with Gasteiger partial charge in [-0.3, -0.25) is 9.59 Å². The van der Waals surface area contributed by atoms with E-state index in [1.807, 2.05) is 47.2 Å². The second-order valence-electron chi connectivity index (χ2n) is 6.04. The van der Waals surface area contributed by atoms with Crippen LogP contribution < -0.4 is 0 Å². The highest BCUT2D eigenvalue weighted by Gasteiger charge is 2.22. The number of esters is 1. The van der Waals surface area contributed by atoms with Crippen LogP contribution in [0.4, 0.5) is 0 Å². The number of aromatic amines is 1. The lowest BCUT2D eigenvalue weighted by atomic mass is 10.1. The summed E-state index contributed by atoms with van der Waals surface area (Å²) in [4.78, 5) is 33.5. The number of thiophene rings is 1. The zero-order valence-corrected chi connectivity index (χ0v) is 16.1. The van der Waals surface area contributed by atoms with Crippen molar-refractivity contribution in [2.45, 2.75) is 19.4 Å². The highest BCUT2D eigenvalue weighted by molar-refractivity contribution is 7.20. The summed E-state index contributed by atoms with van der Waals surface area (Å²) in [5.74, 6) is -0.683. The van der Waals surface area contributed by atoms with Gasteiger partial charge in [0.15, 0.2) is 6.10 Å². The average molecular weight is 396 g/mol. The van der Waals surface area contributed by atoms with Crippen molar-refractivity contribution in [3.63, 3.8) is 0 Å². The van der Waals surface area contributed by atoms with Crippen LogP contribution >= 0.6 is 22.7 Å². The number of nitrogens with one attached hydrogen (secondary N) is 1. The summed E-state index contributed by atoms with van der Waals surface area (Å²) in [7, 11) is 0. The summed E-state index contributed by atoms with van der Waals surface area (Å²) in [5.41, 5.74) is 2.06. The molecule has 0 saturated heterocycles. The summed E-state index contributed by atoms with van der Waals surface area (Å²) < 4.78 is 5.35. The number of carbonyl (C=O) groups is 2. The number of carbonyl (C=O) groups excluding carboxylic acids is 2. The molecule has 136 valence electrons. The normalized spacial score (nSPS) is 12.2. The standard InChI is InChI=1S/C20H16N2O3S2/c1-12(19(24)15-10-21-16-6-3-2-5-14(15)16)25-18(23)9-13-11-27-20(22-13)17-7-4-8-26-17/h2-8,10-12,21H,9H2,1H3/t12-/m0/s1. The lowest BCUT2D eigenvalue weighted by molar-refractivity contribution is -0.145. The third-order valence-corrected chi connectivity index (χ3v) is 6.07. The molecule has 0 aliphatic rings. The van der Waals surface area contributed by atoms with Crippen LogP contribution in [0.25, 0.3) is 20.8 Å². The van der Waals surface area contributed by atoms with E-state index in [1.165, 1.54) is 11.3 Å². The number of benzene rings is 1. The number of para-hydroxylation sites is 1. The number of thiazole rings is 1. The Labute approximate surface area is 163 Å². The topological polar surface area (TPSA) is 72.0 Å². The summed E-state index contributed by atoms with van der Waals surface area (Å²) in [5, 5.41) is 5.55. The highest BCUT2D eigenvalue weighted by atomic mass is 32.1. The summed E-state index contributed by atoms with van der Waals surface area (Å²) in [6.07, 6.45) is 0.852. The Morgan fingerprint density at radius 1 is 1.19 bits per heavy atom. The number of H-pyrrole nitrogens is 1. The van der Waals surface area contributed by atoms with Gasteiger partial charge in [-0.15, -0.1) is 22.7 Å². The number of hydrogen-bond donors (Lipinski definition) is 1. The molecule has 27 heavy (non-hydrogen) atoms. The summed E-state index contributed by atoms with van der Waals surface area (Å²) in [6.45, 7) is 1.60. The molecule has 1 aromatic carbocycles. The fraction of sp³-hybridized carbons (Fsp3) is 0.150. The maximum atomic E-state index is 12.7. The quantitative estimate of drug-likeness (QED) is 0.378. The monoisotopic (exact) mass is 396 g/mol. The predicted octanol–water partition coefficient (Wildman–Crippen LogP) is 4.71. The number of fused-ring (bicyclic) bond motifs is 1. The van der Waals surface area contributed by atoms with Gasteiger partial charge < -0.3 is 9.72 Å². The van der Waals surface area contributed by atoms with Gasteiger partial charge in [0.05, 0.1) is 17.0 Å². The minimum Gasteiger partial charge on any atom is -0.454 e. The molecule has 0 radical (unpaired) electrons. The van der Waals surface area contributed by atoms with Crippen LogP contribution in [-0.4, -0.2) is 27.8 Å². The van der Waals surface area contributed by atoms with E-state index < -0.39 is 12.1 Å². The van der Waals surface area contributed by atoms with Gasteiger partial charge in [-0.05, 0) is 24.4 Å². The first-order valence-electron chi connectivity index (χ1n) is 8.40. The molecule has 5 nitrogen and oxygen atoms in total. The summed E-state index contributed by atoms with van der Waals surface area (Å²) in [6, 6.07) is 11.5. The zero-order valence-electron chi connectivity index (χ0n) is 14.5. The molecule has 0 aliphatic carbocycles. The minimum atomic E-state index is -0.855. The molecular weight excluding hydrogens is 380 g/mol. The van der Waals surface area contributed by atoms with Gasteiger partial charge in [0, 0.05) is 28.0 Å². The van der Waals surface area contributed by atoms with Crippen LogP contribution in [0.5, 0.6) is 0 Å². The van der Waals surface area contributed by atoms with Crippen molar-refractivity contribution in [2.24, 2.45) is 0 Å². The van der Waals surface area contributed by atoms with Crippen LogP contribution in [0.2, 0.25) is 0 Å². The Morgan fingerprint density at radius 2 is 2.04 bits per heavy atom. The van der Waals surface area contributed by atoms with E-state index in [0.717, 1.165) is 20.8 Å². The van der Waals surface area contributed by atoms with Gasteiger partial charge in [-0.1, -0.05) is 24.3 Å². The van der Waals surface area contributed by atoms with Crippen molar-refractivity contribution in [3.05, 3.63) is 64.6 Å². The smallest absolute Gasteiger partial charge is 0.312 e. The number of ether oxygens (including phenoxy) is 1. The van der Waals surface area contributed by atoms with Crippen LogP contribution in [0.1, 0.15) is 23.0 Å². The number of hydrogen-bond acceptors (Lipinski definition) is 6. The molecule has 3 heterocycles. The number of ketones is 1. The molecule has 0 spiro atoms. The van der Waals surface area contributed by atoms with Gasteiger partial charge in [0.1, 0.15) is 5.01 Å². The van der Waals surface area contributed by atoms with E-state index in [4.69, 9.17) is 4.74 Å². The van der Waals surface area contributed by atoms with Crippen molar-refractivity contribution >= 4 is 45.3 Å². The lowest BCUT2D eigenvalue weighted by Gasteiger charge is -2.11. The van der Waals surface area contributed by atoms with Crippen LogP contribution in [-0.2, 0) is 16.0 Å². The van der Waals surface area contributed by atoms with Crippen molar-refractivity contribution in [2.75, 3.05) is 0 Å². The Morgan fingerprint density at radius 3 is 2.85 bits per heavy atom. The molecule has 0 bridgehead atoms. The van der Waals surface area contributed by atoms with Crippen molar-refractivity contribution < 1.29 is 14.3 Å². The number of nitrogens with zero attached hydrogens (tertiary/aromatic N) is 1. The second kappa shape index (κ2) is 7.46. The fourth-order valence-electron chi connectivity index (χ4n) is 2.84. The van der Waals surface area contributed by atoms with Gasteiger partial charge in [-0.2, -0.15) is 0 Å². The molecule has 0 fully saturated rings. The number of aromatic nitrogens is 2. The van der Waals surface area contributed by atoms with Gasteiger partial charge in [-0.25, -0.2) is 4.98 Å². The first-order valence-corrected chi connectivity index (χ1v) is 10.2. The maximum absolute atomic E-state index is 12.7. The molecule has 1 N–H and O–H groups in total. The van der Waals surface area contributed by atoms with Crippen molar-refractivity contribution in [1.29, 1.82) is 0 Å². The van der Waals surface area contributed by atoms with Crippen molar-refractivity contribution in [3.8, 4) is 9.88 Å². The van der Waals surface area contributed by atoms with Crippen LogP contribution in [0.15, 0.2) is 53.4 Å². The predicted molar refractivity (Wildman–Crippen MR) is 107 cm³/mol. The van der Waals surface area contributed by atoms with E-state index in [-0.39, 0.29) is 12.2 Å².